The number of rotatable bonds is 7. The molecule has 0 radical (unpaired) electrons. The van der Waals surface area contributed by atoms with Crippen molar-refractivity contribution in [3.63, 3.8) is 0 Å². The van der Waals surface area contributed by atoms with E-state index >= 15 is 0 Å². The van der Waals surface area contributed by atoms with Gasteiger partial charge in [0.1, 0.15) is 11.6 Å². The predicted octanol–water partition coefficient (Wildman–Crippen LogP) is 2.87. The molecule has 2 aromatic carbocycles. The maximum atomic E-state index is 13.1. The van der Waals surface area contributed by atoms with Crippen LogP contribution >= 0.6 is 0 Å². The van der Waals surface area contributed by atoms with Crippen molar-refractivity contribution in [1.29, 1.82) is 0 Å². The van der Waals surface area contributed by atoms with Gasteiger partial charge in [0.25, 0.3) is 5.91 Å². The van der Waals surface area contributed by atoms with E-state index in [0.29, 0.717) is 24.4 Å². The van der Waals surface area contributed by atoms with Gasteiger partial charge in [-0.15, -0.1) is 0 Å². The second-order valence-electron chi connectivity index (χ2n) is 7.77. The molecule has 30 heavy (non-hydrogen) atoms. The van der Waals surface area contributed by atoms with Crippen molar-refractivity contribution in [3.8, 4) is 5.75 Å². The molecule has 1 N–H and O–H groups in total. The molecule has 0 saturated carbocycles. The number of carboxylic acids is 1. The molecule has 1 aliphatic heterocycles. The van der Waals surface area contributed by atoms with E-state index in [2.05, 4.69) is 4.90 Å². The number of carboxylic acid groups (broad SMARTS) is 1. The Balaban J connectivity index is 1.54. The van der Waals surface area contributed by atoms with Crippen molar-refractivity contribution in [1.82, 2.24) is 9.80 Å². The summed E-state index contributed by atoms with van der Waals surface area (Å²) < 4.78 is 18.8. The highest BCUT2D eigenvalue weighted by molar-refractivity contribution is 5.78. The molecule has 6 nitrogen and oxygen atoms in total. The van der Waals surface area contributed by atoms with Crippen LogP contribution in [0, 0.1) is 12.7 Å². The lowest BCUT2D eigenvalue weighted by molar-refractivity contribution is -0.138. The van der Waals surface area contributed by atoms with Gasteiger partial charge < -0.3 is 14.7 Å². The lowest BCUT2D eigenvalue weighted by Gasteiger charge is -2.39. The number of carbonyl (C=O) groups is 2. The number of aryl methyl sites for hydroxylation is 1. The minimum absolute atomic E-state index is 0.0202. The first kappa shape index (κ1) is 21.8. The first-order chi connectivity index (χ1) is 14.3. The SMILES string of the molecule is Cc1ccc(OCC(=O)N2CCN(Cc3ccc(F)cc3)C[C@H]2C)c(CC(=O)O)c1. The highest BCUT2D eigenvalue weighted by Gasteiger charge is 2.27. The monoisotopic (exact) mass is 414 g/mol. The van der Waals surface area contributed by atoms with Crippen LogP contribution in [0.1, 0.15) is 23.6 Å². The van der Waals surface area contributed by atoms with Gasteiger partial charge in [-0.3, -0.25) is 14.5 Å². The minimum atomic E-state index is -0.942. The summed E-state index contributed by atoms with van der Waals surface area (Å²) in [6.45, 7) is 6.49. The molecule has 0 aromatic heterocycles. The topological polar surface area (TPSA) is 70.1 Å². The molecule has 160 valence electrons. The van der Waals surface area contributed by atoms with E-state index in [4.69, 9.17) is 9.84 Å². The zero-order valence-electron chi connectivity index (χ0n) is 17.3. The third-order valence-corrected chi connectivity index (χ3v) is 5.26. The number of benzene rings is 2. The maximum absolute atomic E-state index is 13.1. The molecule has 2 aromatic rings. The Morgan fingerprint density at radius 3 is 2.57 bits per heavy atom. The van der Waals surface area contributed by atoms with Crippen LogP contribution in [-0.4, -0.2) is 59.1 Å². The highest BCUT2D eigenvalue weighted by atomic mass is 19.1. The summed E-state index contributed by atoms with van der Waals surface area (Å²) in [4.78, 5) is 27.8. The third-order valence-electron chi connectivity index (χ3n) is 5.26. The molecule has 1 saturated heterocycles. The van der Waals surface area contributed by atoms with Gasteiger partial charge in [-0.2, -0.15) is 0 Å². The molecule has 1 heterocycles. The number of halogens is 1. The zero-order chi connectivity index (χ0) is 21.7. The van der Waals surface area contributed by atoms with E-state index < -0.39 is 5.97 Å². The molecule has 1 fully saturated rings. The molecule has 7 heteroatoms. The van der Waals surface area contributed by atoms with Gasteiger partial charge in [0.15, 0.2) is 6.61 Å². The first-order valence-corrected chi connectivity index (χ1v) is 10.0. The molecule has 0 spiro atoms. The lowest BCUT2D eigenvalue weighted by Crippen LogP contribution is -2.54. The highest BCUT2D eigenvalue weighted by Crippen LogP contribution is 2.21. The Hall–Kier alpha value is -2.93. The van der Waals surface area contributed by atoms with Crippen LogP contribution in [0.2, 0.25) is 0 Å². The summed E-state index contributed by atoms with van der Waals surface area (Å²) >= 11 is 0. The van der Waals surface area contributed by atoms with Crippen LogP contribution in [0.4, 0.5) is 4.39 Å². The molecule has 0 aliphatic carbocycles. The quantitative estimate of drug-likeness (QED) is 0.755. The maximum Gasteiger partial charge on any atom is 0.307 e. The summed E-state index contributed by atoms with van der Waals surface area (Å²) in [6.07, 6.45) is -0.149. The van der Waals surface area contributed by atoms with Gasteiger partial charge in [0, 0.05) is 37.8 Å². The van der Waals surface area contributed by atoms with Gasteiger partial charge in [0.2, 0.25) is 0 Å². The van der Waals surface area contributed by atoms with Gasteiger partial charge in [-0.05, 0) is 37.6 Å². The number of nitrogens with zero attached hydrogens (tertiary/aromatic N) is 2. The Kier molecular flexibility index (Phi) is 7.05. The van der Waals surface area contributed by atoms with Gasteiger partial charge >= 0.3 is 5.97 Å². The Bertz CT molecular complexity index is 901. The fourth-order valence-corrected chi connectivity index (χ4v) is 3.77. The molecular formula is C23H27FN2O4. The molecule has 1 amide bonds. The van der Waals surface area contributed by atoms with E-state index in [0.717, 1.165) is 24.2 Å². The number of hydrogen-bond donors (Lipinski definition) is 1. The molecule has 1 atom stereocenters. The fraction of sp³-hybridized carbons (Fsp3) is 0.391. The van der Waals surface area contributed by atoms with Crippen molar-refractivity contribution in [3.05, 3.63) is 65.0 Å². The molecule has 1 aliphatic rings. The lowest BCUT2D eigenvalue weighted by atomic mass is 10.1. The normalized spacial score (nSPS) is 17.0. The predicted molar refractivity (Wildman–Crippen MR) is 111 cm³/mol. The fourth-order valence-electron chi connectivity index (χ4n) is 3.77. The number of piperazine rings is 1. The van der Waals surface area contributed by atoms with Crippen LogP contribution in [0.15, 0.2) is 42.5 Å². The van der Waals surface area contributed by atoms with Crippen molar-refractivity contribution in [2.24, 2.45) is 0 Å². The van der Waals surface area contributed by atoms with Crippen LogP contribution < -0.4 is 4.74 Å². The largest absolute Gasteiger partial charge is 0.483 e. The number of ether oxygens (including phenoxy) is 1. The van der Waals surface area contributed by atoms with E-state index in [1.54, 1.807) is 29.2 Å². The summed E-state index contributed by atoms with van der Waals surface area (Å²) in [5.41, 5.74) is 2.54. The van der Waals surface area contributed by atoms with Gasteiger partial charge in [0.05, 0.1) is 6.42 Å². The van der Waals surface area contributed by atoms with Gasteiger partial charge in [-0.25, -0.2) is 4.39 Å². The number of hydrogen-bond acceptors (Lipinski definition) is 4. The smallest absolute Gasteiger partial charge is 0.307 e. The summed E-state index contributed by atoms with van der Waals surface area (Å²) in [7, 11) is 0. The second-order valence-corrected chi connectivity index (χ2v) is 7.77. The summed E-state index contributed by atoms with van der Waals surface area (Å²) in [5.74, 6) is -0.880. The third kappa shape index (κ3) is 5.79. The minimum Gasteiger partial charge on any atom is -0.483 e. The number of aliphatic carboxylic acids is 1. The average molecular weight is 414 g/mol. The number of amides is 1. The van der Waals surface area contributed by atoms with E-state index in [1.807, 2.05) is 19.9 Å². The van der Waals surface area contributed by atoms with Crippen LogP contribution in [0.25, 0.3) is 0 Å². The Morgan fingerprint density at radius 1 is 1.17 bits per heavy atom. The molecular weight excluding hydrogens is 387 g/mol. The van der Waals surface area contributed by atoms with Crippen LogP contribution in [-0.2, 0) is 22.6 Å². The Labute approximate surface area is 175 Å². The average Bonchev–Trinajstić information content (AvgIpc) is 2.68. The van der Waals surface area contributed by atoms with Crippen LogP contribution in [0.3, 0.4) is 0 Å². The summed E-state index contributed by atoms with van der Waals surface area (Å²) in [5, 5.41) is 9.09. The standard InChI is InChI=1S/C23H27FN2O4/c1-16-3-8-21(19(11-16)12-23(28)29)30-15-22(27)26-10-9-25(13-17(26)2)14-18-4-6-20(24)7-5-18/h3-8,11,17H,9-10,12-15H2,1-2H3,(H,28,29)/t17-/m1/s1. The van der Waals surface area contributed by atoms with Crippen molar-refractivity contribution in [2.75, 3.05) is 26.2 Å². The van der Waals surface area contributed by atoms with Crippen LogP contribution in [0.5, 0.6) is 5.75 Å². The molecule has 3 rings (SSSR count). The second kappa shape index (κ2) is 9.71. The molecule has 0 bridgehead atoms. The zero-order valence-corrected chi connectivity index (χ0v) is 17.3. The van der Waals surface area contributed by atoms with Crippen molar-refractivity contribution < 1.29 is 23.8 Å². The molecule has 0 unspecified atom stereocenters. The van der Waals surface area contributed by atoms with Crippen molar-refractivity contribution >= 4 is 11.9 Å². The summed E-state index contributed by atoms with van der Waals surface area (Å²) in [6, 6.07) is 11.8. The first-order valence-electron chi connectivity index (χ1n) is 10.0. The van der Waals surface area contributed by atoms with E-state index in [1.165, 1.54) is 12.1 Å². The van der Waals surface area contributed by atoms with E-state index in [-0.39, 0.29) is 30.8 Å². The van der Waals surface area contributed by atoms with Crippen molar-refractivity contribution in [2.45, 2.75) is 32.9 Å². The number of carbonyl (C=O) groups excluding carboxylic acids is 1. The van der Waals surface area contributed by atoms with E-state index in [9.17, 15) is 14.0 Å². The van der Waals surface area contributed by atoms with Gasteiger partial charge in [-0.1, -0.05) is 29.8 Å². The Morgan fingerprint density at radius 2 is 1.90 bits per heavy atom.